The lowest BCUT2D eigenvalue weighted by Crippen LogP contribution is -2.26. The van der Waals surface area contributed by atoms with Gasteiger partial charge in [-0.2, -0.15) is 0 Å². The van der Waals surface area contributed by atoms with E-state index in [0.717, 1.165) is 19.3 Å². The first-order chi connectivity index (χ1) is 9.17. The smallest absolute Gasteiger partial charge is 0.0802 e. The van der Waals surface area contributed by atoms with E-state index < -0.39 is 12.2 Å². The van der Waals surface area contributed by atoms with Gasteiger partial charge in [-0.3, -0.25) is 0 Å². The average molecular weight is 264 g/mol. The summed E-state index contributed by atoms with van der Waals surface area (Å²) in [7, 11) is 0. The van der Waals surface area contributed by atoms with Gasteiger partial charge in [0.2, 0.25) is 0 Å². The first kappa shape index (κ1) is 16.2. The summed E-state index contributed by atoms with van der Waals surface area (Å²) in [6.45, 7) is 4.22. The zero-order valence-electron chi connectivity index (χ0n) is 12.3. The van der Waals surface area contributed by atoms with E-state index in [1.54, 1.807) is 0 Å². The molecule has 0 aliphatic heterocycles. The minimum atomic E-state index is -0.597. The molecule has 1 aromatic rings. The number of unbranched alkanes of at least 4 members (excludes halogenated alkanes) is 1. The van der Waals surface area contributed by atoms with Crippen LogP contribution in [0.15, 0.2) is 24.3 Å². The van der Waals surface area contributed by atoms with Crippen LogP contribution in [0.25, 0.3) is 0 Å². The Bertz CT molecular complexity index is 332. The molecule has 108 valence electrons. The monoisotopic (exact) mass is 264 g/mol. The number of hydrogen-bond donors (Lipinski definition) is 2. The summed E-state index contributed by atoms with van der Waals surface area (Å²) in [5.74, 6) is 0. The predicted molar refractivity (Wildman–Crippen MR) is 80.3 cm³/mol. The van der Waals surface area contributed by atoms with Crippen molar-refractivity contribution in [3.05, 3.63) is 35.4 Å². The van der Waals surface area contributed by atoms with Crippen LogP contribution in [0.5, 0.6) is 0 Å². The molecule has 1 aromatic carbocycles. The molecular formula is C17H28O2. The van der Waals surface area contributed by atoms with E-state index >= 15 is 0 Å². The first-order valence-corrected chi connectivity index (χ1v) is 7.61. The van der Waals surface area contributed by atoms with Crippen LogP contribution in [0.2, 0.25) is 0 Å². The molecule has 0 aliphatic carbocycles. The molecule has 2 atom stereocenters. The fourth-order valence-corrected chi connectivity index (χ4v) is 2.25. The van der Waals surface area contributed by atoms with Crippen LogP contribution in [0, 0.1) is 0 Å². The van der Waals surface area contributed by atoms with Crippen LogP contribution >= 0.6 is 0 Å². The molecule has 19 heavy (non-hydrogen) atoms. The fourth-order valence-electron chi connectivity index (χ4n) is 2.25. The summed E-state index contributed by atoms with van der Waals surface area (Å²) in [6, 6.07) is 8.65. The minimum Gasteiger partial charge on any atom is -0.390 e. The SMILES string of the molecule is CCCCc1ccc(CCC(O)C(O)CCC)cc1. The summed E-state index contributed by atoms with van der Waals surface area (Å²) in [4.78, 5) is 0. The molecule has 2 N–H and O–H groups in total. The lowest BCUT2D eigenvalue weighted by atomic mass is 9.99. The van der Waals surface area contributed by atoms with Gasteiger partial charge in [0.25, 0.3) is 0 Å². The second kappa shape index (κ2) is 9.11. The van der Waals surface area contributed by atoms with Crippen LogP contribution in [0.1, 0.15) is 57.1 Å². The maximum Gasteiger partial charge on any atom is 0.0802 e. The van der Waals surface area contributed by atoms with Gasteiger partial charge in [0.1, 0.15) is 0 Å². The second-order valence-corrected chi connectivity index (χ2v) is 5.38. The van der Waals surface area contributed by atoms with Crippen LogP contribution in [0.3, 0.4) is 0 Å². The lowest BCUT2D eigenvalue weighted by Gasteiger charge is -2.17. The van der Waals surface area contributed by atoms with Crippen molar-refractivity contribution in [3.8, 4) is 0 Å². The third kappa shape index (κ3) is 6.22. The van der Waals surface area contributed by atoms with Crippen molar-refractivity contribution in [1.29, 1.82) is 0 Å². The van der Waals surface area contributed by atoms with Gasteiger partial charge < -0.3 is 10.2 Å². The van der Waals surface area contributed by atoms with E-state index in [1.165, 1.54) is 24.0 Å². The van der Waals surface area contributed by atoms with Gasteiger partial charge >= 0.3 is 0 Å². The van der Waals surface area contributed by atoms with Crippen molar-refractivity contribution < 1.29 is 10.2 Å². The summed E-state index contributed by atoms with van der Waals surface area (Å²) in [6.07, 6.45) is 5.49. The third-order valence-corrected chi connectivity index (χ3v) is 3.60. The molecule has 0 bridgehead atoms. The van der Waals surface area contributed by atoms with Gasteiger partial charge in [0.15, 0.2) is 0 Å². The lowest BCUT2D eigenvalue weighted by molar-refractivity contribution is 0.00981. The summed E-state index contributed by atoms with van der Waals surface area (Å²) >= 11 is 0. The van der Waals surface area contributed by atoms with E-state index in [1.807, 2.05) is 6.92 Å². The van der Waals surface area contributed by atoms with Crippen molar-refractivity contribution in [2.24, 2.45) is 0 Å². The Balaban J connectivity index is 2.36. The summed E-state index contributed by atoms with van der Waals surface area (Å²) in [5.41, 5.74) is 2.63. The Morgan fingerprint density at radius 1 is 0.789 bits per heavy atom. The van der Waals surface area contributed by atoms with Gasteiger partial charge in [-0.15, -0.1) is 0 Å². The molecule has 0 saturated carbocycles. The molecule has 0 amide bonds. The molecular weight excluding hydrogens is 236 g/mol. The number of aryl methyl sites for hydroxylation is 2. The Morgan fingerprint density at radius 3 is 1.84 bits per heavy atom. The normalized spacial score (nSPS) is 14.3. The van der Waals surface area contributed by atoms with E-state index in [2.05, 4.69) is 31.2 Å². The minimum absolute atomic E-state index is 0.575. The maximum absolute atomic E-state index is 9.83. The quantitative estimate of drug-likeness (QED) is 0.717. The molecule has 2 heteroatoms. The molecule has 0 fully saturated rings. The molecule has 0 spiro atoms. The van der Waals surface area contributed by atoms with Crippen LogP contribution in [-0.4, -0.2) is 22.4 Å². The highest BCUT2D eigenvalue weighted by Crippen LogP contribution is 2.13. The largest absolute Gasteiger partial charge is 0.390 e. The van der Waals surface area contributed by atoms with Gasteiger partial charge in [0.05, 0.1) is 12.2 Å². The Labute approximate surface area is 117 Å². The Morgan fingerprint density at radius 2 is 1.32 bits per heavy atom. The van der Waals surface area contributed by atoms with Gasteiger partial charge in [-0.25, -0.2) is 0 Å². The molecule has 0 heterocycles. The first-order valence-electron chi connectivity index (χ1n) is 7.61. The molecule has 1 rings (SSSR count). The number of aliphatic hydroxyl groups is 2. The fraction of sp³-hybridized carbons (Fsp3) is 0.647. The summed E-state index contributed by atoms with van der Waals surface area (Å²) in [5, 5.41) is 19.5. The highest BCUT2D eigenvalue weighted by Gasteiger charge is 2.14. The van der Waals surface area contributed by atoms with Gasteiger partial charge in [-0.1, -0.05) is 51.0 Å². The average Bonchev–Trinajstić information content (AvgIpc) is 2.43. The van der Waals surface area contributed by atoms with Gasteiger partial charge in [0, 0.05) is 0 Å². The van der Waals surface area contributed by atoms with Crippen molar-refractivity contribution in [2.45, 2.75) is 71.0 Å². The van der Waals surface area contributed by atoms with E-state index in [9.17, 15) is 10.2 Å². The Kier molecular flexibility index (Phi) is 7.76. The molecule has 0 aromatic heterocycles. The molecule has 2 unspecified atom stereocenters. The maximum atomic E-state index is 9.83. The summed E-state index contributed by atoms with van der Waals surface area (Å²) < 4.78 is 0. The van der Waals surface area contributed by atoms with Crippen LogP contribution in [0.4, 0.5) is 0 Å². The number of aliphatic hydroxyl groups excluding tert-OH is 2. The van der Waals surface area contributed by atoms with Crippen molar-refractivity contribution >= 4 is 0 Å². The van der Waals surface area contributed by atoms with Crippen molar-refractivity contribution in [1.82, 2.24) is 0 Å². The number of benzene rings is 1. The second-order valence-electron chi connectivity index (χ2n) is 5.38. The Hall–Kier alpha value is -0.860. The third-order valence-electron chi connectivity index (χ3n) is 3.60. The van der Waals surface area contributed by atoms with Crippen molar-refractivity contribution in [3.63, 3.8) is 0 Å². The topological polar surface area (TPSA) is 40.5 Å². The number of hydrogen-bond acceptors (Lipinski definition) is 2. The molecule has 0 aliphatic rings. The van der Waals surface area contributed by atoms with Gasteiger partial charge in [-0.05, 0) is 43.2 Å². The van der Waals surface area contributed by atoms with Crippen molar-refractivity contribution in [2.75, 3.05) is 0 Å². The zero-order valence-corrected chi connectivity index (χ0v) is 12.3. The van der Waals surface area contributed by atoms with E-state index in [4.69, 9.17) is 0 Å². The van der Waals surface area contributed by atoms with Crippen LogP contribution in [-0.2, 0) is 12.8 Å². The highest BCUT2D eigenvalue weighted by molar-refractivity contribution is 5.22. The van der Waals surface area contributed by atoms with E-state index in [0.29, 0.717) is 12.8 Å². The molecule has 0 saturated heterocycles. The standard InChI is InChI=1S/C17H28O2/c1-3-5-7-14-8-10-15(11-9-14)12-13-17(19)16(18)6-4-2/h8-11,16-19H,3-7,12-13H2,1-2H3. The highest BCUT2D eigenvalue weighted by atomic mass is 16.3. The predicted octanol–water partition coefficient (Wildman–Crippen LogP) is 3.48. The van der Waals surface area contributed by atoms with E-state index in [-0.39, 0.29) is 0 Å². The molecule has 2 nitrogen and oxygen atoms in total. The zero-order chi connectivity index (χ0) is 14.1. The van der Waals surface area contributed by atoms with Crippen LogP contribution < -0.4 is 0 Å². The number of rotatable bonds is 9. The molecule has 0 radical (unpaired) electrons.